The van der Waals surface area contributed by atoms with Crippen LogP contribution in [-0.4, -0.2) is 28.5 Å². The predicted molar refractivity (Wildman–Crippen MR) is 97.5 cm³/mol. The Morgan fingerprint density at radius 2 is 1.86 bits per heavy atom. The van der Waals surface area contributed by atoms with Gasteiger partial charge in [0.15, 0.2) is 0 Å². The minimum Gasteiger partial charge on any atom is -0.380 e. The van der Waals surface area contributed by atoms with Crippen LogP contribution >= 0.6 is 0 Å². The van der Waals surface area contributed by atoms with Gasteiger partial charge in [0.2, 0.25) is 5.82 Å². The molecule has 0 aliphatic heterocycles. The number of halogens is 3. The highest BCUT2D eigenvalue weighted by Crippen LogP contribution is 2.31. The number of rotatable bonds is 5. The van der Waals surface area contributed by atoms with Crippen molar-refractivity contribution < 1.29 is 27.5 Å². The average Bonchev–Trinajstić information content (AvgIpc) is 3.05. The predicted octanol–water partition coefficient (Wildman–Crippen LogP) is 2.66. The third-order valence-electron chi connectivity index (χ3n) is 4.03. The summed E-state index contributed by atoms with van der Waals surface area (Å²) in [7, 11) is 1.52. The lowest BCUT2D eigenvalue weighted by Crippen LogP contribution is -2.43. The number of para-hydroxylation sites is 2. The number of imidazole rings is 1. The number of ether oxygens (including phenoxy) is 1. The summed E-state index contributed by atoms with van der Waals surface area (Å²) in [4.78, 5) is 27.9. The molecule has 7 nitrogen and oxygen atoms in total. The molecule has 29 heavy (non-hydrogen) atoms. The molecule has 0 atom stereocenters. The number of methoxy groups -OCH3 is 1. The molecule has 2 amide bonds. The van der Waals surface area contributed by atoms with Crippen molar-refractivity contribution in [1.29, 1.82) is 0 Å². The van der Waals surface area contributed by atoms with Crippen molar-refractivity contribution in [1.82, 2.24) is 20.4 Å². The number of nitrogens with one attached hydrogen (secondary N) is 2. The molecule has 0 saturated carbocycles. The molecular formula is C19H17F3N4O3. The molecule has 0 unspecified atom stereocenters. The average molecular weight is 406 g/mol. The summed E-state index contributed by atoms with van der Waals surface area (Å²) in [5.74, 6) is -2.63. The summed E-state index contributed by atoms with van der Waals surface area (Å²) in [5.41, 5.74) is 5.62. The third kappa shape index (κ3) is 4.72. The van der Waals surface area contributed by atoms with Gasteiger partial charge in [-0.15, -0.1) is 0 Å². The smallest absolute Gasteiger partial charge is 0.380 e. The topological polar surface area (TPSA) is 85.3 Å². The maximum Gasteiger partial charge on any atom is 0.449 e. The highest BCUT2D eigenvalue weighted by Gasteiger charge is 2.38. The molecule has 1 heterocycles. The molecule has 0 spiro atoms. The van der Waals surface area contributed by atoms with Crippen molar-refractivity contribution in [3.63, 3.8) is 0 Å². The van der Waals surface area contributed by atoms with Crippen LogP contribution in [0.4, 0.5) is 13.2 Å². The molecule has 0 bridgehead atoms. The van der Waals surface area contributed by atoms with Crippen LogP contribution in [-0.2, 0) is 28.9 Å². The van der Waals surface area contributed by atoms with E-state index in [0.29, 0.717) is 6.61 Å². The molecule has 0 aliphatic rings. The fraction of sp³-hybridized carbons (Fsp3) is 0.211. The molecule has 2 N–H and O–H groups in total. The molecule has 0 aliphatic carbocycles. The van der Waals surface area contributed by atoms with Crippen LogP contribution < -0.4 is 10.9 Å². The van der Waals surface area contributed by atoms with Crippen molar-refractivity contribution >= 4 is 22.8 Å². The van der Waals surface area contributed by atoms with Gasteiger partial charge in [0.25, 0.3) is 11.8 Å². The number of fused-ring (bicyclic) bond motifs is 1. The van der Waals surface area contributed by atoms with Crippen molar-refractivity contribution in [2.24, 2.45) is 0 Å². The molecule has 3 aromatic rings. The maximum absolute atomic E-state index is 13.3. The number of hydrazine groups is 1. The van der Waals surface area contributed by atoms with E-state index >= 15 is 0 Å². The van der Waals surface area contributed by atoms with Gasteiger partial charge in [-0.05, 0) is 29.8 Å². The Balaban J connectivity index is 1.71. The van der Waals surface area contributed by atoms with Crippen LogP contribution in [0, 0.1) is 0 Å². The highest BCUT2D eigenvalue weighted by molar-refractivity contribution is 5.95. The normalized spacial score (nSPS) is 11.4. The van der Waals surface area contributed by atoms with E-state index in [1.807, 2.05) is 0 Å². The Kier molecular flexibility index (Phi) is 5.83. The van der Waals surface area contributed by atoms with Crippen LogP contribution in [0.3, 0.4) is 0 Å². The zero-order valence-electron chi connectivity index (χ0n) is 15.3. The standard InChI is InChI=1S/C19H17F3N4O3/c1-29-11-12-5-4-6-13(9-12)17(28)25-24-16(27)10-26-15-8-3-2-7-14(15)23-18(26)19(20,21)22/h2-9H,10-11H2,1H3,(H,24,27)(H,25,28). The van der Waals surface area contributed by atoms with E-state index in [4.69, 9.17) is 4.74 Å². The van der Waals surface area contributed by atoms with Crippen LogP contribution in [0.25, 0.3) is 11.0 Å². The van der Waals surface area contributed by atoms with E-state index in [-0.39, 0.29) is 16.6 Å². The second kappa shape index (κ2) is 8.31. The van der Waals surface area contributed by atoms with Gasteiger partial charge in [-0.3, -0.25) is 20.4 Å². The van der Waals surface area contributed by atoms with Crippen molar-refractivity contribution in [3.8, 4) is 0 Å². The highest BCUT2D eigenvalue weighted by atomic mass is 19.4. The lowest BCUT2D eigenvalue weighted by Gasteiger charge is -2.12. The SMILES string of the molecule is COCc1cccc(C(=O)NNC(=O)Cn2c(C(F)(F)F)nc3ccccc32)c1. The fourth-order valence-electron chi connectivity index (χ4n) is 2.80. The van der Waals surface area contributed by atoms with Gasteiger partial charge in [0, 0.05) is 12.7 Å². The number of aromatic nitrogens is 2. The molecular weight excluding hydrogens is 389 g/mol. The zero-order valence-corrected chi connectivity index (χ0v) is 15.3. The van der Waals surface area contributed by atoms with Crippen LogP contribution in [0.5, 0.6) is 0 Å². The van der Waals surface area contributed by atoms with Gasteiger partial charge in [0.05, 0.1) is 17.6 Å². The Morgan fingerprint density at radius 1 is 1.10 bits per heavy atom. The van der Waals surface area contributed by atoms with Crippen molar-refractivity contribution in [3.05, 3.63) is 65.5 Å². The molecule has 2 aromatic carbocycles. The summed E-state index contributed by atoms with van der Waals surface area (Å²) in [5, 5.41) is 0. The lowest BCUT2D eigenvalue weighted by atomic mass is 10.1. The third-order valence-corrected chi connectivity index (χ3v) is 4.03. The first-order valence-electron chi connectivity index (χ1n) is 8.49. The summed E-state index contributed by atoms with van der Waals surface area (Å²) in [6.07, 6.45) is -4.73. The van der Waals surface area contributed by atoms with Crippen molar-refractivity contribution in [2.45, 2.75) is 19.3 Å². The Labute approximate surface area is 163 Å². The molecule has 10 heteroatoms. The second-order valence-corrected chi connectivity index (χ2v) is 6.14. The molecule has 1 aromatic heterocycles. The van der Waals surface area contributed by atoms with E-state index in [0.717, 1.165) is 10.1 Å². The Bertz CT molecular complexity index is 1050. The van der Waals surface area contributed by atoms with Crippen molar-refractivity contribution in [2.75, 3.05) is 7.11 Å². The summed E-state index contributed by atoms with van der Waals surface area (Å²) < 4.78 is 45.6. The number of carbonyl (C=O) groups is 2. The van der Waals surface area contributed by atoms with E-state index in [2.05, 4.69) is 15.8 Å². The number of carbonyl (C=O) groups excluding carboxylic acids is 2. The summed E-state index contributed by atoms with van der Waals surface area (Å²) in [6.45, 7) is -0.360. The molecule has 0 saturated heterocycles. The van der Waals surface area contributed by atoms with Gasteiger partial charge < -0.3 is 9.30 Å². The van der Waals surface area contributed by atoms with Gasteiger partial charge in [-0.1, -0.05) is 24.3 Å². The molecule has 0 fully saturated rings. The minimum absolute atomic E-state index is 0.117. The van der Waals surface area contributed by atoms with Crippen LogP contribution in [0.15, 0.2) is 48.5 Å². The fourth-order valence-corrected chi connectivity index (χ4v) is 2.80. The number of benzene rings is 2. The first kappa shape index (κ1) is 20.3. The summed E-state index contributed by atoms with van der Waals surface area (Å²) >= 11 is 0. The minimum atomic E-state index is -4.73. The first-order valence-corrected chi connectivity index (χ1v) is 8.49. The number of nitrogens with zero attached hydrogens (tertiary/aromatic N) is 2. The number of alkyl halides is 3. The first-order chi connectivity index (χ1) is 13.8. The van der Waals surface area contributed by atoms with E-state index in [1.165, 1.54) is 25.3 Å². The van der Waals surface area contributed by atoms with Gasteiger partial charge in [-0.2, -0.15) is 13.2 Å². The number of hydrogen-bond acceptors (Lipinski definition) is 4. The van der Waals surface area contributed by atoms with Gasteiger partial charge in [0.1, 0.15) is 6.54 Å². The lowest BCUT2D eigenvalue weighted by molar-refractivity contribution is -0.147. The number of hydrogen-bond donors (Lipinski definition) is 2. The number of amides is 2. The monoisotopic (exact) mass is 406 g/mol. The zero-order chi connectivity index (χ0) is 21.0. The maximum atomic E-state index is 13.3. The van der Waals surface area contributed by atoms with E-state index < -0.39 is 30.4 Å². The largest absolute Gasteiger partial charge is 0.449 e. The quantitative estimate of drug-likeness (QED) is 0.638. The van der Waals surface area contributed by atoms with Crippen LogP contribution in [0.1, 0.15) is 21.7 Å². The second-order valence-electron chi connectivity index (χ2n) is 6.14. The van der Waals surface area contributed by atoms with Gasteiger partial charge >= 0.3 is 6.18 Å². The molecule has 3 rings (SSSR count). The Hall–Kier alpha value is -3.40. The molecule has 0 radical (unpaired) electrons. The Morgan fingerprint density at radius 3 is 2.59 bits per heavy atom. The van der Waals surface area contributed by atoms with Gasteiger partial charge in [-0.25, -0.2) is 4.98 Å². The van der Waals surface area contributed by atoms with E-state index in [9.17, 15) is 22.8 Å². The molecule has 152 valence electrons. The summed E-state index contributed by atoms with van der Waals surface area (Å²) in [6, 6.07) is 12.5. The van der Waals surface area contributed by atoms with Crippen LogP contribution in [0.2, 0.25) is 0 Å². The van der Waals surface area contributed by atoms with E-state index in [1.54, 1.807) is 30.3 Å².